The highest BCUT2D eigenvalue weighted by atomic mass is 16.5. The Bertz CT molecular complexity index is 1370. The molecular weight excluding hydrogens is 426 g/mol. The molecule has 170 valence electrons. The third-order valence-corrected chi connectivity index (χ3v) is 5.70. The highest BCUT2D eigenvalue weighted by Crippen LogP contribution is 2.30. The number of rotatable bonds is 5. The highest BCUT2D eigenvalue weighted by Gasteiger charge is 2.50. The largest absolute Gasteiger partial charge is 0.497 e. The van der Waals surface area contributed by atoms with Crippen LogP contribution >= 0.6 is 0 Å². The number of methoxy groups -OCH3 is 1. The van der Waals surface area contributed by atoms with Gasteiger partial charge in [0, 0.05) is 18.4 Å². The Labute approximate surface area is 189 Å². The maximum absolute atomic E-state index is 13.2. The third-order valence-electron chi connectivity index (χ3n) is 5.70. The number of hydrazine groups is 1. The van der Waals surface area contributed by atoms with Gasteiger partial charge in [-0.1, -0.05) is 12.1 Å². The molecule has 1 fully saturated rings. The summed E-state index contributed by atoms with van der Waals surface area (Å²) in [4.78, 5) is 56.1. The Kier molecular flexibility index (Phi) is 5.36. The maximum atomic E-state index is 13.2. The average molecular weight is 449 g/mol. The number of hydrogen-bond acceptors (Lipinski definition) is 6. The average Bonchev–Trinajstić information content (AvgIpc) is 3.03. The normalized spacial score (nSPS) is 17.9. The number of carbonyl (C=O) groups is 3. The standard InChI is InChI=1S/C23H23N5O5/c1-5-27-12-17(18(29)16-10-9-13(2)24-19(16)27)20(30)26-28-21(31)23(3,25-22(28)32)14-7-6-8-15(11-14)33-4/h6-12H,5H2,1-4H3,(H,25,32)(H,26,30)/t23-/m1/s1. The monoisotopic (exact) mass is 449 g/mol. The number of benzene rings is 1. The lowest BCUT2D eigenvalue weighted by Crippen LogP contribution is -2.48. The van der Waals surface area contributed by atoms with Crippen LogP contribution in [0, 0.1) is 6.92 Å². The Hall–Kier alpha value is -4.21. The van der Waals surface area contributed by atoms with Crippen molar-refractivity contribution >= 4 is 28.9 Å². The number of aryl methyl sites for hydroxylation is 2. The number of ether oxygens (including phenoxy) is 1. The van der Waals surface area contributed by atoms with E-state index in [1.165, 1.54) is 20.2 Å². The molecule has 1 aliphatic rings. The van der Waals surface area contributed by atoms with E-state index in [0.29, 0.717) is 28.5 Å². The number of hydrogen-bond donors (Lipinski definition) is 2. The van der Waals surface area contributed by atoms with Crippen LogP contribution in [-0.2, 0) is 16.9 Å². The molecule has 3 heterocycles. The molecule has 1 saturated heterocycles. The zero-order valence-corrected chi connectivity index (χ0v) is 18.6. The van der Waals surface area contributed by atoms with E-state index in [9.17, 15) is 19.2 Å². The van der Waals surface area contributed by atoms with Crippen molar-refractivity contribution in [3.63, 3.8) is 0 Å². The lowest BCUT2D eigenvalue weighted by Gasteiger charge is -2.22. The summed E-state index contributed by atoms with van der Waals surface area (Å²) in [5.74, 6) is -1.05. The van der Waals surface area contributed by atoms with Crippen LogP contribution in [0.1, 0.15) is 35.5 Å². The van der Waals surface area contributed by atoms with Crippen molar-refractivity contribution in [1.29, 1.82) is 0 Å². The number of aromatic nitrogens is 2. The number of amides is 4. The molecular formula is C23H23N5O5. The molecule has 4 amide bonds. The van der Waals surface area contributed by atoms with Gasteiger partial charge in [-0.15, -0.1) is 0 Å². The Balaban J connectivity index is 1.68. The van der Waals surface area contributed by atoms with Gasteiger partial charge in [0.2, 0.25) is 5.43 Å². The van der Waals surface area contributed by atoms with E-state index in [2.05, 4.69) is 15.7 Å². The van der Waals surface area contributed by atoms with Gasteiger partial charge in [0.25, 0.3) is 11.8 Å². The highest BCUT2D eigenvalue weighted by molar-refractivity contribution is 6.09. The number of pyridine rings is 2. The van der Waals surface area contributed by atoms with E-state index in [0.717, 1.165) is 5.69 Å². The van der Waals surface area contributed by atoms with Gasteiger partial charge in [-0.3, -0.25) is 19.8 Å². The summed E-state index contributed by atoms with van der Waals surface area (Å²) in [7, 11) is 1.49. The molecule has 10 nitrogen and oxygen atoms in total. The molecule has 4 rings (SSSR count). The van der Waals surface area contributed by atoms with Crippen LogP contribution in [0.4, 0.5) is 4.79 Å². The van der Waals surface area contributed by atoms with Crippen LogP contribution in [0.25, 0.3) is 11.0 Å². The molecule has 1 aliphatic heterocycles. The minimum Gasteiger partial charge on any atom is -0.497 e. The lowest BCUT2D eigenvalue weighted by atomic mass is 9.92. The van der Waals surface area contributed by atoms with Crippen LogP contribution < -0.4 is 20.9 Å². The van der Waals surface area contributed by atoms with Gasteiger partial charge in [-0.2, -0.15) is 5.01 Å². The predicted octanol–water partition coefficient (Wildman–Crippen LogP) is 1.85. The maximum Gasteiger partial charge on any atom is 0.344 e. The second-order valence-corrected chi connectivity index (χ2v) is 7.85. The summed E-state index contributed by atoms with van der Waals surface area (Å²) < 4.78 is 6.87. The van der Waals surface area contributed by atoms with E-state index in [4.69, 9.17) is 4.74 Å². The zero-order chi connectivity index (χ0) is 23.9. The van der Waals surface area contributed by atoms with Crippen molar-refractivity contribution in [2.24, 2.45) is 0 Å². The molecule has 0 spiro atoms. The fraction of sp³-hybridized carbons (Fsp3) is 0.261. The van der Waals surface area contributed by atoms with Crippen molar-refractivity contribution in [2.75, 3.05) is 7.11 Å². The molecule has 0 radical (unpaired) electrons. The van der Waals surface area contributed by atoms with Gasteiger partial charge in [0.1, 0.15) is 22.5 Å². The molecule has 33 heavy (non-hydrogen) atoms. The Morgan fingerprint density at radius 2 is 1.97 bits per heavy atom. The summed E-state index contributed by atoms with van der Waals surface area (Å²) >= 11 is 0. The predicted molar refractivity (Wildman–Crippen MR) is 120 cm³/mol. The number of nitrogens with zero attached hydrogens (tertiary/aromatic N) is 3. The minimum absolute atomic E-state index is 0.203. The van der Waals surface area contributed by atoms with Gasteiger partial charge >= 0.3 is 6.03 Å². The fourth-order valence-corrected chi connectivity index (χ4v) is 3.79. The number of fused-ring (bicyclic) bond motifs is 1. The first kappa shape index (κ1) is 22.0. The van der Waals surface area contributed by atoms with Gasteiger partial charge in [-0.05, 0) is 50.6 Å². The van der Waals surface area contributed by atoms with Crippen molar-refractivity contribution in [3.05, 3.63) is 69.6 Å². The zero-order valence-electron chi connectivity index (χ0n) is 18.6. The van der Waals surface area contributed by atoms with Crippen LogP contribution in [0.15, 0.2) is 47.4 Å². The minimum atomic E-state index is -1.42. The molecule has 0 unspecified atom stereocenters. The molecule has 0 bridgehead atoms. The van der Waals surface area contributed by atoms with Crippen LogP contribution in [0.5, 0.6) is 5.75 Å². The van der Waals surface area contributed by atoms with E-state index < -0.39 is 28.8 Å². The summed E-state index contributed by atoms with van der Waals surface area (Å²) in [5.41, 5.74) is 1.79. The van der Waals surface area contributed by atoms with Crippen molar-refractivity contribution < 1.29 is 19.1 Å². The lowest BCUT2D eigenvalue weighted by molar-refractivity contribution is -0.132. The topological polar surface area (TPSA) is 123 Å². The quantitative estimate of drug-likeness (QED) is 0.573. The van der Waals surface area contributed by atoms with Gasteiger partial charge in [-0.25, -0.2) is 9.78 Å². The Morgan fingerprint density at radius 3 is 2.67 bits per heavy atom. The number of nitrogens with one attached hydrogen (secondary N) is 2. The van der Waals surface area contributed by atoms with Gasteiger partial charge in [0.05, 0.1) is 12.5 Å². The van der Waals surface area contributed by atoms with Gasteiger partial charge < -0.3 is 14.6 Å². The van der Waals surface area contributed by atoms with Crippen LogP contribution in [-0.4, -0.2) is 39.5 Å². The molecule has 2 aromatic heterocycles. The first-order valence-corrected chi connectivity index (χ1v) is 10.3. The van der Waals surface area contributed by atoms with Crippen molar-refractivity contribution in [2.45, 2.75) is 32.9 Å². The van der Waals surface area contributed by atoms with Crippen LogP contribution in [0.3, 0.4) is 0 Å². The smallest absolute Gasteiger partial charge is 0.344 e. The summed E-state index contributed by atoms with van der Waals surface area (Å²) in [5, 5.41) is 3.47. The van der Waals surface area contributed by atoms with E-state index in [1.807, 2.05) is 13.8 Å². The molecule has 1 aromatic carbocycles. The number of urea groups is 1. The summed E-state index contributed by atoms with van der Waals surface area (Å²) in [6.07, 6.45) is 1.38. The first-order valence-electron chi connectivity index (χ1n) is 10.3. The van der Waals surface area contributed by atoms with Crippen LogP contribution in [0.2, 0.25) is 0 Å². The van der Waals surface area contributed by atoms with E-state index in [-0.39, 0.29) is 10.9 Å². The number of carbonyl (C=O) groups excluding carboxylic acids is 3. The molecule has 2 N–H and O–H groups in total. The third kappa shape index (κ3) is 3.59. The second kappa shape index (κ2) is 8.05. The first-order chi connectivity index (χ1) is 15.7. The van der Waals surface area contributed by atoms with E-state index >= 15 is 0 Å². The molecule has 0 aliphatic carbocycles. The molecule has 0 saturated carbocycles. The molecule has 3 aromatic rings. The van der Waals surface area contributed by atoms with Crippen molar-refractivity contribution in [3.8, 4) is 5.75 Å². The summed E-state index contributed by atoms with van der Waals surface area (Å²) in [6, 6.07) is 9.18. The van der Waals surface area contributed by atoms with Crippen molar-refractivity contribution in [1.82, 2.24) is 25.3 Å². The van der Waals surface area contributed by atoms with E-state index in [1.54, 1.807) is 41.0 Å². The molecule has 10 heteroatoms. The summed E-state index contributed by atoms with van der Waals surface area (Å²) in [6.45, 7) is 5.65. The molecule has 1 atom stereocenters. The Morgan fingerprint density at radius 1 is 1.21 bits per heavy atom. The van der Waals surface area contributed by atoms with Gasteiger partial charge in [0.15, 0.2) is 0 Å². The SMILES string of the molecule is CCn1cc(C(=O)NN2C(=O)N[C@](C)(c3cccc(OC)c3)C2=O)c(=O)c2ccc(C)nc21. The fourth-order valence-electron chi connectivity index (χ4n) is 3.79. The second-order valence-electron chi connectivity index (χ2n) is 7.85. The number of imide groups is 1.